The lowest BCUT2D eigenvalue weighted by Gasteiger charge is -2.56. The fraction of sp³-hybridized carbons (Fsp3) is 0.538. The minimum atomic E-state index is -0.481. The second kappa shape index (κ2) is 7.59. The van der Waals surface area contributed by atoms with Crippen molar-refractivity contribution in [2.24, 2.45) is 23.5 Å². The van der Waals surface area contributed by atoms with Crippen molar-refractivity contribution < 1.29 is 18.9 Å². The van der Waals surface area contributed by atoms with Crippen molar-refractivity contribution in [3.05, 3.63) is 40.4 Å². The van der Waals surface area contributed by atoms with Crippen LogP contribution < -0.4 is 24.7 Å². The van der Waals surface area contributed by atoms with Gasteiger partial charge in [-0.05, 0) is 62.3 Å². The quantitative estimate of drug-likeness (QED) is 0.687. The molecule has 3 N–H and O–H groups in total. The number of aromatic amines is 1. The molecule has 4 bridgehead atoms. The van der Waals surface area contributed by atoms with Crippen molar-refractivity contribution in [2.75, 3.05) is 21.3 Å². The van der Waals surface area contributed by atoms with Gasteiger partial charge in [0.2, 0.25) is 17.5 Å². The van der Waals surface area contributed by atoms with Crippen LogP contribution in [0, 0.1) is 29.1 Å². The summed E-state index contributed by atoms with van der Waals surface area (Å²) in [7, 11) is 4.76. The molecule has 0 radical (unpaired) electrons. The third-order valence-electron chi connectivity index (χ3n) is 8.55. The topological polar surface area (TPSA) is 115 Å². The van der Waals surface area contributed by atoms with Crippen molar-refractivity contribution in [3.63, 3.8) is 0 Å². The minimum Gasteiger partial charge on any atom is -0.493 e. The predicted molar refractivity (Wildman–Crippen MR) is 124 cm³/mol. The van der Waals surface area contributed by atoms with E-state index in [1.54, 1.807) is 21.3 Å². The number of nitrogens with one attached hydrogen (secondary N) is 1. The molecule has 8 heteroatoms. The first kappa shape index (κ1) is 21.2. The number of benzene rings is 1. The number of nitrogens with zero attached hydrogens (tertiary/aromatic N) is 2. The number of allylic oxidation sites excluding steroid dienone is 1. The maximum atomic E-state index is 10.2. The highest BCUT2D eigenvalue weighted by atomic mass is 16.5. The molecule has 178 valence electrons. The molecule has 2 aromatic rings. The number of hydrogen-bond acceptors (Lipinski definition) is 7. The van der Waals surface area contributed by atoms with Crippen LogP contribution in [0.25, 0.3) is 0 Å². The van der Waals surface area contributed by atoms with Crippen molar-refractivity contribution in [2.45, 2.75) is 49.9 Å². The summed E-state index contributed by atoms with van der Waals surface area (Å²) in [5.41, 5.74) is 9.41. The molecule has 5 aliphatic rings. The predicted octanol–water partition coefficient (Wildman–Crippen LogP) is 4.12. The summed E-state index contributed by atoms with van der Waals surface area (Å²) in [4.78, 5) is 0. The van der Waals surface area contributed by atoms with Crippen LogP contribution in [0.4, 0.5) is 0 Å². The smallest absolute Gasteiger partial charge is 0.244 e. The Bertz CT molecular complexity index is 1190. The molecule has 0 unspecified atom stereocenters. The number of ether oxygens (including phenoxy) is 4. The molecule has 4 fully saturated rings. The molecule has 0 spiro atoms. The molecule has 1 aromatic heterocycles. The number of methoxy groups -OCH3 is 3. The summed E-state index contributed by atoms with van der Waals surface area (Å²) in [6.07, 6.45) is 7.50. The molecule has 1 aliphatic heterocycles. The Morgan fingerprint density at radius 2 is 1.68 bits per heavy atom. The third-order valence-corrected chi connectivity index (χ3v) is 8.55. The molecule has 0 amide bonds. The lowest BCUT2D eigenvalue weighted by atomic mass is 9.48. The van der Waals surface area contributed by atoms with Crippen molar-refractivity contribution in [3.8, 4) is 29.2 Å². The van der Waals surface area contributed by atoms with Gasteiger partial charge in [-0.15, -0.1) is 5.10 Å². The number of H-pyrrole nitrogens is 1. The van der Waals surface area contributed by atoms with E-state index in [0.717, 1.165) is 53.8 Å². The Morgan fingerprint density at radius 1 is 1.03 bits per heavy atom. The summed E-state index contributed by atoms with van der Waals surface area (Å²) in [6.45, 7) is 0. The zero-order valence-electron chi connectivity index (χ0n) is 19.8. The van der Waals surface area contributed by atoms with Crippen LogP contribution in [0.15, 0.2) is 23.6 Å². The average Bonchev–Trinajstić information content (AvgIpc) is 3.25. The Kier molecular flexibility index (Phi) is 4.73. The van der Waals surface area contributed by atoms with Crippen molar-refractivity contribution in [1.82, 2.24) is 10.2 Å². The highest BCUT2D eigenvalue weighted by Gasteiger charge is 2.54. The van der Waals surface area contributed by atoms with Gasteiger partial charge in [0, 0.05) is 16.7 Å². The second-order valence-corrected chi connectivity index (χ2v) is 10.4. The normalized spacial score (nSPS) is 31.0. The monoisotopic (exact) mass is 462 g/mol. The van der Waals surface area contributed by atoms with Crippen molar-refractivity contribution >= 4 is 0 Å². The third kappa shape index (κ3) is 2.85. The Morgan fingerprint density at radius 3 is 2.24 bits per heavy atom. The standard InChI is InChI=1S/C26H30N4O4/c1-31-18-5-4-16(21(32-2)22(18)33-3)19-17(12-27)24(28)34-25-20(19)23(29-30-25)26-9-13-6-14(10-26)8-15(7-13)11-26/h4-5,13-15,19H,6-11,28H2,1-3H3,(H,29,30)/t13?,14?,15?,19-,26?/m0/s1. The zero-order chi connectivity index (χ0) is 23.6. The number of rotatable bonds is 5. The van der Waals surface area contributed by atoms with Gasteiger partial charge in [-0.1, -0.05) is 6.07 Å². The molecule has 4 saturated carbocycles. The Labute approximate surface area is 199 Å². The number of nitrogens with two attached hydrogens (primary N) is 1. The first-order valence-electron chi connectivity index (χ1n) is 12.0. The molecule has 8 nitrogen and oxygen atoms in total. The van der Waals surface area contributed by atoms with Gasteiger partial charge in [-0.2, -0.15) is 5.26 Å². The second-order valence-electron chi connectivity index (χ2n) is 10.4. The maximum Gasteiger partial charge on any atom is 0.244 e. The maximum absolute atomic E-state index is 10.2. The number of fused-ring (bicyclic) bond motifs is 1. The summed E-state index contributed by atoms with van der Waals surface area (Å²) in [5.74, 6) is 3.87. The fourth-order valence-electron chi connectivity index (χ4n) is 7.73. The van der Waals surface area contributed by atoms with E-state index in [4.69, 9.17) is 24.7 Å². The Balaban J connectivity index is 1.56. The van der Waals surface area contributed by atoms with Crippen LogP contribution in [-0.4, -0.2) is 31.5 Å². The minimum absolute atomic E-state index is 0.0351. The lowest BCUT2D eigenvalue weighted by molar-refractivity contribution is -0.00768. The van der Waals surface area contributed by atoms with E-state index < -0.39 is 5.92 Å². The van der Waals surface area contributed by atoms with Gasteiger partial charge in [0.25, 0.3) is 0 Å². The highest BCUT2D eigenvalue weighted by molar-refractivity contribution is 5.64. The van der Waals surface area contributed by atoms with Crippen molar-refractivity contribution in [1.29, 1.82) is 5.26 Å². The highest BCUT2D eigenvalue weighted by Crippen LogP contribution is 2.62. The average molecular weight is 463 g/mol. The van der Waals surface area contributed by atoms with E-state index in [9.17, 15) is 5.26 Å². The fourth-order valence-corrected chi connectivity index (χ4v) is 7.73. The van der Waals surface area contributed by atoms with E-state index in [1.165, 1.54) is 19.3 Å². The molecule has 7 rings (SSSR count). The number of nitriles is 1. The van der Waals surface area contributed by atoms with Crippen LogP contribution in [0.2, 0.25) is 0 Å². The van der Waals surface area contributed by atoms with Gasteiger partial charge in [0.15, 0.2) is 11.5 Å². The summed E-state index contributed by atoms with van der Waals surface area (Å²) >= 11 is 0. The summed E-state index contributed by atoms with van der Waals surface area (Å²) in [5, 5.41) is 18.1. The zero-order valence-corrected chi connectivity index (χ0v) is 19.8. The Hall–Kier alpha value is -3.34. The van der Waals surface area contributed by atoms with E-state index >= 15 is 0 Å². The van der Waals surface area contributed by atoms with Crippen LogP contribution in [-0.2, 0) is 5.41 Å². The van der Waals surface area contributed by atoms with Gasteiger partial charge in [-0.3, -0.25) is 5.10 Å². The van der Waals surface area contributed by atoms with Gasteiger partial charge in [-0.25, -0.2) is 0 Å². The van der Waals surface area contributed by atoms with Crippen LogP contribution in [0.1, 0.15) is 61.3 Å². The molecule has 4 aliphatic carbocycles. The molecule has 1 atom stereocenters. The van der Waals surface area contributed by atoms with Gasteiger partial charge in [0.05, 0.1) is 32.8 Å². The van der Waals surface area contributed by atoms with Gasteiger partial charge < -0.3 is 24.7 Å². The first-order chi connectivity index (χ1) is 16.5. The number of aromatic nitrogens is 2. The lowest BCUT2D eigenvalue weighted by Crippen LogP contribution is -2.49. The molecule has 0 saturated heterocycles. The number of hydrogen-bond donors (Lipinski definition) is 2. The van der Waals surface area contributed by atoms with Crippen LogP contribution in [0.3, 0.4) is 0 Å². The SMILES string of the molecule is COc1ccc([C@H]2C(C#N)=C(N)Oc3n[nH]c(C45CC6CC(CC(C6)C4)C5)c32)c(OC)c1OC. The van der Waals surface area contributed by atoms with Crippen LogP contribution >= 0.6 is 0 Å². The van der Waals surface area contributed by atoms with E-state index in [1.807, 2.05) is 12.1 Å². The summed E-state index contributed by atoms with van der Waals surface area (Å²) in [6, 6.07) is 6.06. The molecular weight excluding hydrogens is 432 g/mol. The molecule has 2 heterocycles. The van der Waals surface area contributed by atoms with Gasteiger partial charge in [0.1, 0.15) is 11.6 Å². The molecule has 1 aromatic carbocycles. The molecular formula is C26H30N4O4. The summed E-state index contributed by atoms with van der Waals surface area (Å²) < 4.78 is 22.9. The first-order valence-corrected chi connectivity index (χ1v) is 12.0. The molecule has 34 heavy (non-hydrogen) atoms. The van der Waals surface area contributed by atoms with E-state index in [0.29, 0.717) is 28.7 Å². The van der Waals surface area contributed by atoms with Crippen LogP contribution in [0.5, 0.6) is 23.1 Å². The van der Waals surface area contributed by atoms with E-state index in [2.05, 4.69) is 16.3 Å². The van der Waals surface area contributed by atoms with Gasteiger partial charge >= 0.3 is 0 Å². The largest absolute Gasteiger partial charge is 0.493 e. The van der Waals surface area contributed by atoms with E-state index in [-0.39, 0.29) is 11.3 Å².